The predicted octanol–water partition coefficient (Wildman–Crippen LogP) is 2.86. The first kappa shape index (κ1) is 14.2. The van der Waals surface area contributed by atoms with Crippen LogP contribution in [-0.2, 0) is 4.74 Å². The van der Waals surface area contributed by atoms with Crippen molar-refractivity contribution in [1.82, 2.24) is 15.2 Å². The first-order valence-electron chi connectivity index (χ1n) is 6.95. The van der Waals surface area contributed by atoms with Gasteiger partial charge in [0.1, 0.15) is 5.82 Å². The number of hydrogen-bond acceptors (Lipinski definition) is 6. The topological polar surface area (TPSA) is 73.1 Å². The number of aromatic nitrogens is 3. The third kappa shape index (κ3) is 3.12. The summed E-state index contributed by atoms with van der Waals surface area (Å²) in [5, 5.41) is 11.4. The highest BCUT2D eigenvalue weighted by atomic mass is 16.5. The summed E-state index contributed by atoms with van der Waals surface area (Å²) in [5.41, 5.74) is 1.66. The second kappa shape index (κ2) is 6.82. The van der Waals surface area contributed by atoms with Gasteiger partial charge in [-0.05, 0) is 24.3 Å². The van der Waals surface area contributed by atoms with Crippen LogP contribution in [0.1, 0.15) is 0 Å². The Kier molecular flexibility index (Phi) is 4.41. The van der Waals surface area contributed by atoms with Crippen LogP contribution in [0.4, 0.5) is 5.82 Å². The Morgan fingerprint density at radius 3 is 2.68 bits per heavy atom. The molecule has 2 aromatic heterocycles. The summed E-state index contributed by atoms with van der Waals surface area (Å²) in [6.07, 6.45) is 1.72. The SMILES string of the molecule is COCCNc1ncccc1-c1nnc(-c2ccccc2)o1. The molecule has 112 valence electrons. The molecule has 0 amide bonds. The van der Waals surface area contributed by atoms with E-state index in [1.165, 1.54) is 0 Å². The van der Waals surface area contributed by atoms with Crippen molar-refractivity contribution in [2.75, 3.05) is 25.6 Å². The highest BCUT2D eigenvalue weighted by molar-refractivity contribution is 5.69. The number of nitrogens with zero attached hydrogens (tertiary/aromatic N) is 3. The lowest BCUT2D eigenvalue weighted by molar-refractivity contribution is 0.210. The molecule has 2 heterocycles. The van der Waals surface area contributed by atoms with Crippen molar-refractivity contribution in [3.63, 3.8) is 0 Å². The Balaban J connectivity index is 1.87. The highest BCUT2D eigenvalue weighted by Crippen LogP contribution is 2.27. The molecule has 0 atom stereocenters. The molecule has 0 spiro atoms. The van der Waals surface area contributed by atoms with E-state index in [-0.39, 0.29) is 0 Å². The van der Waals surface area contributed by atoms with Gasteiger partial charge in [-0.15, -0.1) is 10.2 Å². The largest absolute Gasteiger partial charge is 0.416 e. The maximum absolute atomic E-state index is 5.77. The van der Waals surface area contributed by atoms with Crippen molar-refractivity contribution in [2.45, 2.75) is 0 Å². The Labute approximate surface area is 128 Å². The van der Waals surface area contributed by atoms with Crippen molar-refractivity contribution in [3.05, 3.63) is 48.7 Å². The summed E-state index contributed by atoms with van der Waals surface area (Å²) in [4.78, 5) is 4.31. The average molecular weight is 296 g/mol. The molecule has 0 aliphatic heterocycles. The Hall–Kier alpha value is -2.73. The number of rotatable bonds is 6. The number of ether oxygens (including phenoxy) is 1. The molecule has 3 aromatic rings. The zero-order valence-corrected chi connectivity index (χ0v) is 12.2. The number of methoxy groups -OCH3 is 1. The molecule has 0 unspecified atom stereocenters. The van der Waals surface area contributed by atoms with Gasteiger partial charge in [0.25, 0.3) is 5.89 Å². The summed E-state index contributed by atoms with van der Waals surface area (Å²) in [6.45, 7) is 1.25. The lowest BCUT2D eigenvalue weighted by atomic mass is 10.2. The highest BCUT2D eigenvalue weighted by Gasteiger charge is 2.14. The molecular weight excluding hydrogens is 280 g/mol. The number of hydrogen-bond donors (Lipinski definition) is 1. The second-order valence-electron chi connectivity index (χ2n) is 4.60. The van der Waals surface area contributed by atoms with Crippen LogP contribution >= 0.6 is 0 Å². The molecular formula is C16H16N4O2. The molecule has 1 aromatic carbocycles. The van der Waals surface area contributed by atoms with Gasteiger partial charge in [-0.25, -0.2) is 4.98 Å². The predicted molar refractivity (Wildman–Crippen MR) is 83.3 cm³/mol. The average Bonchev–Trinajstić information content (AvgIpc) is 3.06. The number of anilines is 1. The molecule has 0 fully saturated rings. The summed E-state index contributed by atoms with van der Waals surface area (Å²) in [7, 11) is 1.66. The van der Waals surface area contributed by atoms with Crippen molar-refractivity contribution in [3.8, 4) is 22.9 Å². The van der Waals surface area contributed by atoms with E-state index in [9.17, 15) is 0 Å². The third-order valence-electron chi connectivity index (χ3n) is 3.08. The van der Waals surface area contributed by atoms with Gasteiger partial charge in [-0.2, -0.15) is 0 Å². The summed E-state index contributed by atoms with van der Waals surface area (Å²) in [5.74, 6) is 1.62. The van der Waals surface area contributed by atoms with Gasteiger partial charge in [0, 0.05) is 25.4 Å². The Morgan fingerprint density at radius 1 is 1.05 bits per heavy atom. The number of benzene rings is 1. The van der Waals surface area contributed by atoms with E-state index in [0.29, 0.717) is 30.8 Å². The normalized spacial score (nSPS) is 10.6. The van der Waals surface area contributed by atoms with Crippen LogP contribution in [0.3, 0.4) is 0 Å². The number of nitrogens with one attached hydrogen (secondary N) is 1. The molecule has 0 saturated carbocycles. The molecule has 0 aliphatic rings. The van der Waals surface area contributed by atoms with E-state index in [4.69, 9.17) is 9.15 Å². The molecule has 1 N–H and O–H groups in total. The third-order valence-corrected chi connectivity index (χ3v) is 3.08. The Bertz CT molecular complexity index is 728. The zero-order chi connectivity index (χ0) is 15.2. The summed E-state index contributed by atoms with van der Waals surface area (Å²) < 4.78 is 10.8. The molecule has 6 nitrogen and oxygen atoms in total. The van der Waals surface area contributed by atoms with Gasteiger partial charge in [-0.1, -0.05) is 18.2 Å². The summed E-state index contributed by atoms with van der Waals surface area (Å²) >= 11 is 0. The fourth-order valence-corrected chi connectivity index (χ4v) is 2.02. The van der Waals surface area contributed by atoms with Gasteiger partial charge < -0.3 is 14.5 Å². The van der Waals surface area contributed by atoms with Crippen LogP contribution in [0.15, 0.2) is 53.1 Å². The molecule has 0 bridgehead atoms. The summed E-state index contributed by atoms with van der Waals surface area (Å²) in [6, 6.07) is 13.4. The van der Waals surface area contributed by atoms with Crippen LogP contribution < -0.4 is 5.32 Å². The van der Waals surface area contributed by atoms with Crippen LogP contribution in [0.5, 0.6) is 0 Å². The number of pyridine rings is 1. The minimum atomic E-state index is 0.437. The van der Waals surface area contributed by atoms with Crippen LogP contribution in [0, 0.1) is 0 Å². The molecule has 0 radical (unpaired) electrons. The van der Waals surface area contributed by atoms with E-state index < -0.39 is 0 Å². The lowest BCUT2D eigenvalue weighted by Crippen LogP contribution is -2.09. The van der Waals surface area contributed by atoms with Gasteiger partial charge in [-0.3, -0.25) is 0 Å². The van der Waals surface area contributed by atoms with Gasteiger partial charge >= 0.3 is 0 Å². The molecule has 3 rings (SSSR count). The van der Waals surface area contributed by atoms with E-state index >= 15 is 0 Å². The van der Waals surface area contributed by atoms with Gasteiger partial charge in [0.2, 0.25) is 5.89 Å². The van der Waals surface area contributed by atoms with E-state index in [1.54, 1.807) is 13.3 Å². The van der Waals surface area contributed by atoms with Crippen LogP contribution in [-0.4, -0.2) is 35.4 Å². The standard InChI is InChI=1S/C16H16N4O2/c1-21-11-10-18-14-13(8-5-9-17-14)16-20-19-15(22-16)12-6-3-2-4-7-12/h2-9H,10-11H2,1H3,(H,17,18). The van der Waals surface area contributed by atoms with Gasteiger partial charge in [0.15, 0.2) is 0 Å². The lowest BCUT2D eigenvalue weighted by Gasteiger charge is -2.07. The first-order chi connectivity index (χ1) is 10.9. The van der Waals surface area contributed by atoms with Gasteiger partial charge in [0.05, 0.1) is 12.2 Å². The fraction of sp³-hybridized carbons (Fsp3) is 0.188. The molecule has 0 aliphatic carbocycles. The van der Waals surface area contributed by atoms with E-state index in [1.807, 2.05) is 42.5 Å². The molecule has 22 heavy (non-hydrogen) atoms. The first-order valence-corrected chi connectivity index (χ1v) is 6.95. The van der Waals surface area contributed by atoms with Crippen molar-refractivity contribution in [2.24, 2.45) is 0 Å². The van der Waals surface area contributed by atoms with Crippen molar-refractivity contribution < 1.29 is 9.15 Å². The maximum atomic E-state index is 5.77. The van der Waals surface area contributed by atoms with Crippen molar-refractivity contribution in [1.29, 1.82) is 0 Å². The smallest absolute Gasteiger partial charge is 0.251 e. The molecule has 0 saturated heterocycles. The minimum Gasteiger partial charge on any atom is -0.416 e. The fourth-order valence-electron chi connectivity index (χ4n) is 2.02. The van der Waals surface area contributed by atoms with Crippen LogP contribution in [0.2, 0.25) is 0 Å². The van der Waals surface area contributed by atoms with Crippen molar-refractivity contribution >= 4 is 5.82 Å². The second-order valence-corrected chi connectivity index (χ2v) is 4.60. The monoisotopic (exact) mass is 296 g/mol. The van der Waals surface area contributed by atoms with E-state index in [2.05, 4.69) is 20.5 Å². The Morgan fingerprint density at radius 2 is 1.86 bits per heavy atom. The quantitative estimate of drug-likeness (QED) is 0.705. The van der Waals surface area contributed by atoms with Crippen LogP contribution in [0.25, 0.3) is 22.9 Å². The zero-order valence-electron chi connectivity index (χ0n) is 12.2. The van der Waals surface area contributed by atoms with E-state index in [0.717, 1.165) is 11.1 Å². The molecule has 6 heteroatoms. The maximum Gasteiger partial charge on any atom is 0.251 e. The minimum absolute atomic E-state index is 0.437.